The Morgan fingerprint density at radius 3 is 2.80 bits per heavy atom. The van der Waals surface area contributed by atoms with Crippen LogP contribution in [0.1, 0.15) is 21.6 Å². The lowest BCUT2D eigenvalue weighted by Crippen LogP contribution is -2.37. The molecule has 0 unspecified atom stereocenters. The van der Waals surface area contributed by atoms with Crippen molar-refractivity contribution in [1.82, 2.24) is 9.88 Å². The Hall–Kier alpha value is -3.12. The van der Waals surface area contributed by atoms with E-state index in [0.29, 0.717) is 26.3 Å². The summed E-state index contributed by atoms with van der Waals surface area (Å²) in [6.07, 6.45) is 0.731. The van der Waals surface area contributed by atoms with Crippen molar-refractivity contribution in [3.05, 3.63) is 65.4 Å². The quantitative estimate of drug-likeness (QED) is 0.654. The second-order valence-electron chi connectivity index (χ2n) is 7.75. The maximum absolute atomic E-state index is 13.2. The summed E-state index contributed by atoms with van der Waals surface area (Å²) in [5, 5.41) is 1.05. The van der Waals surface area contributed by atoms with E-state index in [2.05, 4.69) is 29.2 Å². The average Bonchev–Trinajstić information content (AvgIpc) is 3.13. The van der Waals surface area contributed by atoms with E-state index in [9.17, 15) is 4.79 Å². The Kier molecular flexibility index (Phi) is 5.01. The molecule has 0 atom stereocenters. The van der Waals surface area contributed by atoms with Gasteiger partial charge in [0, 0.05) is 43.7 Å². The lowest BCUT2D eigenvalue weighted by molar-refractivity contribution is 0.0779. The van der Waals surface area contributed by atoms with Crippen LogP contribution in [0.3, 0.4) is 0 Å². The van der Waals surface area contributed by atoms with E-state index in [0.717, 1.165) is 58.7 Å². The fraction of sp³-hybridized carbons (Fsp3) is 0.333. The number of morpholine rings is 1. The molecule has 0 aliphatic carbocycles. The number of rotatable bonds is 5. The van der Waals surface area contributed by atoms with Crippen molar-refractivity contribution in [2.45, 2.75) is 13.0 Å². The maximum atomic E-state index is 13.2. The molecule has 0 N–H and O–H groups in total. The molecule has 3 aromatic rings. The van der Waals surface area contributed by atoms with Crippen molar-refractivity contribution < 1.29 is 14.3 Å². The molecule has 6 nitrogen and oxygen atoms in total. The number of amides is 1. The van der Waals surface area contributed by atoms with E-state index in [1.165, 1.54) is 0 Å². The molecule has 2 aliphatic heterocycles. The Labute approximate surface area is 176 Å². The van der Waals surface area contributed by atoms with E-state index in [1.54, 1.807) is 7.11 Å². The highest BCUT2D eigenvalue weighted by Gasteiger charge is 2.31. The number of nitrogens with zero attached hydrogens (tertiary/aromatic N) is 3. The molecule has 1 fully saturated rings. The third kappa shape index (κ3) is 3.48. The van der Waals surface area contributed by atoms with Crippen molar-refractivity contribution >= 4 is 22.5 Å². The van der Waals surface area contributed by atoms with Gasteiger partial charge in [0.2, 0.25) is 0 Å². The molecule has 1 amide bonds. The highest BCUT2D eigenvalue weighted by molar-refractivity contribution is 6.03. The summed E-state index contributed by atoms with van der Waals surface area (Å²) in [5.41, 5.74) is 4.95. The highest BCUT2D eigenvalue weighted by atomic mass is 16.5. The number of aromatic nitrogens is 1. The molecule has 2 aliphatic rings. The van der Waals surface area contributed by atoms with Gasteiger partial charge >= 0.3 is 0 Å². The zero-order valence-electron chi connectivity index (χ0n) is 17.1. The number of carbonyl (C=O) groups is 1. The van der Waals surface area contributed by atoms with Gasteiger partial charge in [-0.1, -0.05) is 18.2 Å². The number of anilines is 1. The molecule has 0 saturated carbocycles. The lowest BCUT2D eigenvalue weighted by Gasteiger charge is -2.30. The topological polar surface area (TPSA) is 54.9 Å². The molecule has 5 rings (SSSR count). The van der Waals surface area contributed by atoms with Crippen LogP contribution in [-0.4, -0.2) is 55.7 Å². The van der Waals surface area contributed by atoms with Crippen molar-refractivity contribution in [1.29, 1.82) is 0 Å². The van der Waals surface area contributed by atoms with Crippen LogP contribution in [0, 0.1) is 0 Å². The Morgan fingerprint density at radius 2 is 1.97 bits per heavy atom. The first-order valence-electron chi connectivity index (χ1n) is 10.4. The number of methoxy groups -OCH3 is 1. The molecule has 154 valence electrons. The normalized spacial score (nSPS) is 16.2. The van der Waals surface area contributed by atoms with Crippen LogP contribution in [0.15, 0.2) is 48.5 Å². The minimum Gasteiger partial charge on any atom is -0.497 e. The second-order valence-corrected chi connectivity index (χ2v) is 7.75. The molecule has 1 aromatic heterocycles. The maximum Gasteiger partial charge on any atom is 0.256 e. The first kappa shape index (κ1) is 18.9. The molecule has 0 radical (unpaired) electrons. The molecular weight excluding hydrogens is 378 g/mol. The number of fused-ring (bicyclic) bond motifs is 2. The molecule has 1 saturated heterocycles. The van der Waals surface area contributed by atoms with E-state index in [-0.39, 0.29) is 5.91 Å². The Morgan fingerprint density at radius 1 is 1.10 bits per heavy atom. The van der Waals surface area contributed by atoms with E-state index in [1.807, 2.05) is 29.2 Å². The Balaban J connectivity index is 1.31. The summed E-state index contributed by atoms with van der Waals surface area (Å²) in [6.45, 7) is 4.40. The van der Waals surface area contributed by atoms with Gasteiger partial charge in [-0.15, -0.1) is 0 Å². The first-order chi connectivity index (χ1) is 14.7. The van der Waals surface area contributed by atoms with Crippen LogP contribution >= 0.6 is 0 Å². The molecule has 0 bridgehead atoms. The zero-order valence-corrected chi connectivity index (χ0v) is 17.1. The summed E-state index contributed by atoms with van der Waals surface area (Å²) < 4.78 is 10.7. The molecule has 30 heavy (non-hydrogen) atoms. The van der Waals surface area contributed by atoms with Crippen LogP contribution in [0.2, 0.25) is 0 Å². The van der Waals surface area contributed by atoms with Gasteiger partial charge in [0.05, 0.1) is 37.1 Å². The second kappa shape index (κ2) is 7.95. The summed E-state index contributed by atoms with van der Waals surface area (Å²) in [6, 6.07) is 16.2. The van der Waals surface area contributed by atoms with E-state index in [4.69, 9.17) is 14.5 Å². The Bertz CT molecular complexity index is 1090. The van der Waals surface area contributed by atoms with Gasteiger partial charge < -0.3 is 19.3 Å². The largest absolute Gasteiger partial charge is 0.497 e. The van der Waals surface area contributed by atoms with Crippen molar-refractivity contribution in [3.8, 4) is 5.75 Å². The number of ether oxygens (including phenoxy) is 2. The first-order valence-corrected chi connectivity index (χ1v) is 10.4. The lowest BCUT2D eigenvalue weighted by atomic mass is 10.1. The van der Waals surface area contributed by atoms with Gasteiger partial charge in [0.25, 0.3) is 5.91 Å². The fourth-order valence-corrected chi connectivity index (χ4v) is 4.31. The zero-order chi connectivity index (χ0) is 20.5. The third-order valence-corrected chi connectivity index (χ3v) is 5.93. The van der Waals surface area contributed by atoms with Crippen molar-refractivity contribution in [2.75, 3.05) is 44.9 Å². The summed E-state index contributed by atoms with van der Waals surface area (Å²) in [4.78, 5) is 22.2. The number of carbonyl (C=O) groups excluding carboxylic acids is 1. The predicted molar refractivity (Wildman–Crippen MR) is 116 cm³/mol. The van der Waals surface area contributed by atoms with Crippen molar-refractivity contribution in [2.24, 2.45) is 0 Å². The standard InChI is InChI=1S/C24H25N3O3/c1-29-20-7-8-21-17(15-20)5-6-19(25-21)9-10-27-16-18-3-2-4-22(23(18)24(27)28)26-11-13-30-14-12-26/h2-8,15H,9-14,16H2,1H3. The van der Waals surface area contributed by atoms with Crippen LogP contribution in [-0.2, 0) is 17.7 Å². The van der Waals surface area contributed by atoms with Crippen LogP contribution < -0.4 is 9.64 Å². The average molecular weight is 403 g/mol. The van der Waals surface area contributed by atoms with E-state index < -0.39 is 0 Å². The van der Waals surface area contributed by atoms with Gasteiger partial charge in [-0.2, -0.15) is 0 Å². The van der Waals surface area contributed by atoms with E-state index >= 15 is 0 Å². The molecule has 3 heterocycles. The predicted octanol–water partition coefficient (Wildman–Crippen LogP) is 3.28. The third-order valence-electron chi connectivity index (χ3n) is 5.93. The van der Waals surface area contributed by atoms with Crippen LogP contribution in [0.25, 0.3) is 10.9 Å². The monoisotopic (exact) mass is 403 g/mol. The summed E-state index contributed by atoms with van der Waals surface area (Å²) in [5.74, 6) is 0.950. The molecule has 6 heteroatoms. The van der Waals surface area contributed by atoms with Gasteiger partial charge in [0.1, 0.15) is 5.75 Å². The summed E-state index contributed by atoms with van der Waals surface area (Å²) in [7, 11) is 1.67. The van der Waals surface area contributed by atoms with Crippen LogP contribution in [0.5, 0.6) is 5.75 Å². The fourth-order valence-electron chi connectivity index (χ4n) is 4.31. The number of benzene rings is 2. The number of hydrogen-bond donors (Lipinski definition) is 0. The number of pyridine rings is 1. The van der Waals surface area contributed by atoms with Gasteiger partial charge in [-0.25, -0.2) is 0 Å². The van der Waals surface area contributed by atoms with Gasteiger partial charge in [-0.3, -0.25) is 9.78 Å². The SMILES string of the molecule is COc1ccc2nc(CCN3Cc4cccc(N5CCOCC5)c4C3=O)ccc2c1. The van der Waals surface area contributed by atoms with Crippen molar-refractivity contribution in [3.63, 3.8) is 0 Å². The molecular formula is C24H25N3O3. The molecule has 2 aromatic carbocycles. The van der Waals surface area contributed by atoms with Gasteiger partial charge in [0.15, 0.2) is 0 Å². The van der Waals surface area contributed by atoms with Gasteiger partial charge in [-0.05, 0) is 35.9 Å². The number of hydrogen-bond acceptors (Lipinski definition) is 5. The summed E-state index contributed by atoms with van der Waals surface area (Å²) >= 11 is 0. The highest BCUT2D eigenvalue weighted by Crippen LogP contribution is 2.32. The minimum atomic E-state index is 0.123. The molecule has 0 spiro atoms. The smallest absolute Gasteiger partial charge is 0.256 e. The minimum absolute atomic E-state index is 0.123. The van der Waals surface area contributed by atoms with Crippen LogP contribution in [0.4, 0.5) is 5.69 Å².